The van der Waals surface area contributed by atoms with Crippen molar-refractivity contribution in [1.29, 1.82) is 5.26 Å². The highest BCUT2D eigenvalue weighted by molar-refractivity contribution is 5.76. The van der Waals surface area contributed by atoms with Gasteiger partial charge in [0.05, 0.1) is 33.3 Å². The number of rotatable bonds is 5. The molecule has 1 aliphatic heterocycles. The van der Waals surface area contributed by atoms with Crippen LogP contribution in [0.5, 0.6) is 11.5 Å². The van der Waals surface area contributed by atoms with Gasteiger partial charge in [-0.05, 0) is 42.0 Å². The molecule has 1 heterocycles. The van der Waals surface area contributed by atoms with Gasteiger partial charge in [0.1, 0.15) is 11.5 Å². The smallest absolute Gasteiger partial charge is 0.310 e. The van der Waals surface area contributed by atoms with Gasteiger partial charge in [-0.1, -0.05) is 12.1 Å². The Morgan fingerprint density at radius 3 is 2.07 bits per heavy atom. The first kappa shape index (κ1) is 18.6. The van der Waals surface area contributed by atoms with Crippen molar-refractivity contribution in [2.75, 3.05) is 32.8 Å². The SMILES string of the molecule is COC(=O)C1CN(c2ccc(OC)cc2)C(C#N)(c2ccc(OC)cc2)C1. The van der Waals surface area contributed by atoms with E-state index in [1.165, 1.54) is 7.11 Å². The topological polar surface area (TPSA) is 71.8 Å². The normalized spacial score (nSPS) is 21.4. The quantitative estimate of drug-likeness (QED) is 0.757. The molecule has 0 N–H and O–H groups in total. The molecule has 0 spiro atoms. The Morgan fingerprint density at radius 1 is 1.04 bits per heavy atom. The first-order valence-electron chi connectivity index (χ1n) is 8.63. The number of carbonyl (C=O) groups excluding carboxylic acids is 1. The fourth-order valence-electron chi connectivity index (χ4n) is 3.63. The third-order valence-electron chi connectivity index (χ3n) is 5.08. The molecule has 2 aromatic rings. The third-order valence-corrected chi connectivity index (χ3v) is 5.08. The van der Waals surface area contributed by atoms with E-state index in [0.717, 1.165) is 17.0 Å². The molecule has 0 bridgehead atoms. The average molecular weight is 366 g/mol. The molecule has 0 radical (unpaired) electrons. The molecule has 1 aliphatic rings. The second kappa shape index (κ2) is 7.58. The maximum Gasteiger partial charge on any atom is 0.310 e. The predicted molar refractivity (Wildman–Crippen MR) is 101 cm³/mol. The van der Waals surface area contributed by atoms with E-state index in [4.69, 9.17) is 14.2 Å². The third kappa shape index (κ3) is 3.28. The van der Waals surface area contributed by atoms with E-state index in [1.54, 1.807) is 14.2 Å². The molecule has 6 heteroatoms. The summed E-state index contributed by atoms with van der Waals surface area (Å²) in [7, 11) is 4.58. The van der Waals surface area contributed by atoms with Crippen LogP contribution in [0.25, 0.3) is 0 Å². The molecular weight excluding hydrogens is 344 g/mol. The number of benzene rings is 2. The largest absolute Gasteiger partial charge is 0.497 e. The first-order chi connectivity index (χ1) is 13.1. The summed E-state index contributed by atoms with van der Waals surface area (Å²) >= 11 is 0. The molecule has 2 unspecified atom stereocenters. The Hall–Kier alpha value is -3.20. The summed E-state index contributed by atoms with van der Waals surface area (Å²) < 4.78 is 15.4. The van der Waals surface area contributed by atoms with Crippen LogP contribution in [-0.4, -0.2) is 33.8 Å². The lowest BCUT2D eigenvalue weighted by Crippen LogP contribution is -2.40. The van der Waals surface area contributed by atoms with Crippen LogP contribution in [0.3, 0.4) is 0 Å². The van der Waals surface area contributed by atoms with Crippen LogP contribution in [0.15, 0.2) is 48.5 Å². The van der Waals surface area contributed by atoms with E-state index in [0.29, 0.717) is 18.7 Å². The minimum atomic E-state index is -0.973. The number of methoxy groups -OCH3 is 3. The number of esters is 1. The summed E-state index contributed by atoms with van der Waals surface area (Å²) in [5.41, 5.74) is 0.687. The van der Waals surface area contributed by atoms with Crippen LogP contribution < -0.4 is 14.4 Å². The number of nitrogens with zero attached hydrogens (tertiary/aromatic N) is 2. The van der Waals surface area contributed by atoms with Crippen LogP contribution in [0.4, 0.5) is 5.69 Å². The molecule has 6 nitrogen and oxygen atoms in total. The molecular formula is C21H22N2O4. The van der Waals surface area contributed by atoms with E-state index in [1.807, 2.05) is 53.4 Å². The van der Waals surface area contributed by atoms with Crippen molar-refractivity contribution >= 4 is 11.7 Å². The molecule has 0 aromatic heterocycles. The molecule has 2 aromatic carbocycles. The van der Waals surface area contributed by atoms with E-state index in [9.17, 15) is 10.1 Å². The van der Waals surface area contributed by atoms with Crippen molar-refractivity contribution < 1.29 is 19.0 Å². The van der Waals surface area contributed by atoms with E-state index in [-0.39, 0.29) is 11.9 Å². The average Bonchev–Trinajstić information content (AvgIpc) is 3.14. The van der Waals surface area contributed by atoms with Gasteiger partial charge in [0.2, 0.25) is 0 Å². The molecule has 140 valence electrons. The summed E-state index contributed by atoms with van der Waals surface area (Å²) in [6, 6.07) is 17.3. The maximum absolute atomic E-state index is 12.2. The molecule has 2 atom stereocenters. The van der Waals surface area contributed by atoms with Gasteiger partial charge in [0.25, 0.3) is 0 Å². The van der Waals surface area contributed by atoms with Crippen LogP contribution in [-0.2, 0) is 15.1 Å². The Kier molecular flexibility index (Phi) is 5.22. The van der Waals surface area contributed by atoms with Gasteiger partial charge < -0.3 is 19.1 Å². The molecule has 0 saturated carbocycles. The van der Waals surface area contributed by atoms with Gasteiger partial charge >= 0.3 is 5.97 Å². The van der Waals surface area contributed by atoms with Gasteiger partial charge in [-0.3, -0.25) is 4.79 Å². The summed E-state index contributed by atoms with van der Waals surface area (Å²) in [6.07, 6.45) is 0.356. The summed E-state index contributed by atoms with van der Waals surface area (Å²) in [5, 5.41) is 10.2. The van der Waals surface area contributed by atoms with Crippen molar-refractivity contribution in [2.45, 2.75) is 12.0 Å². The zero-order valence-corrected chi connectivity index (χ0v) is 15.6. The summed E-state index contributed by atoms with van der Waals surface area (Å²) in [4.78, 5) is 14.2. The Bertz CT molecular complexity index is 842. The Labute approximate surface area is 158 Å². The molecule has 0 aliphatic carbocycles. The number of carbonyl (C=O) groups is 1. The zero-order valence-electron chi connectivity index (χ0n) is 15.6. The minimum Gasteiger partial charge on any atom is -0.497 e. The highest BCUT2D eigenvalue weighted by atomic mass is 16.5. The number of nitriles is 1. The second-order valence-corrected chi connectivity index (χ2v) is 6.43. The van der Waals surface area contributed by atoms with E-state index in [2.05, 4.69) is 6.07 Å². The predicted octanol–water partition coefficient (Wildman–Crippen LogP) is 3.12. The number of anilines is 1. The lowest BCUT2D eigenvalue weighted by atomic mass is 9.85. The van der Waals surface area contributed by atoms with Gasteiger partial charge in [0.15, 0.2) is 5.54 Å². The van der Waals surface area contributed by atoms with Gasteiger partial charge in [-0.15, -0.1) is 0 Å². The molecule has 0 amide bonds. The van der Waals surface area contributed by atoms with Crippen molar-refractivity contribution in [3.8, 4) is 17.6 Å². The van der Waals surface area contributed by atoms with E-state index < -0.39 is 5.54 Å². The number of hydrogen-bond donors (Lipinski definition) is 0. The van der Waals surface area contributed by atoms with Gasteiger partial charge in [0, 0.05) is 18.7 Å². The standard InChI is InChI=1S/C21H22N2O4/c1-25-18-8-4-16(5-9-18)21(14-22)12-15(20(24)27-3)13-23(21)17-6-10-19(26-2)11-7-17/h4-11,15H,12-13H2,1-3H3. The van der Waals surface area contributed by atoms with Crippen molar-refractivity contribution in [1.82, 2.24) is 0 Å². The van der Waals surface area contributed by atoms with Crippen molar-refractivity contribution in [3.05, 3.63) is 54.1 Å². The Balaban J connectivity index is 2.07. The first-order valence-corrected chi connectivity index (χ1v) is 8.63. The van der Waals surface area contributed by atoms with Crippen LogP contribution >= 0.6 is 0 Å². The Morgan fingerprint density at radius 2 is 1.59 bits per heavy atom. The maximum atomic E-state index is 12.2. The summed E-state index contributed by atoms with van der Waals surface area (Å²) in [5.74, 6) is 0.748. The summed E-state index contributed by atoms with van der Waals surface area (Å²) in [6.45, 7) is 0.401. The lowest BCUT2D eigenvalue weighted by Gasteiger charge is -2.34. The second-order valence-electron chi connectivity index (χ2n) is 6.43. The van der Waals surface area contributed by atoms with Crippen LogP contribution in [0, 0.1) is 17.2 Å². The highest BCUT2D eigenvalue weighted by Crippen LogP contribution is 2.45. The number of ether oxygens (including phenoxy) is 3. The molecule has 27 heavy (non-hydrogen) atoms. The molecule has 3 rings (SSSR count). The van der Waals surface area contributed by atoms with Crippen LogP contribution in [0.1, 0.15) is 12.0 Å². The fraction of sp³-hybridized carbons (Fsp3) is 0.333. The lowest BCUT2D eigenvalue weighted by molar-refractivity contribution is -0.144. The van der Waals surface area contributed by atoms with Gasteiger partial charge in [-0.2, -0.15) is 5.26 Å². The van der Waals surface area contributed by atoms with Crippen molar-refractivity contribution in [3.63, 3.8) is 0 Å². The number of hydrogen-bond acceptors (Lipinski definition) is 6. The van der Waals surface area contributed by atoms with E-state index >= 15 is 0 Å². The molecule has 1 fully saturated rings. The minimum absolute atomic E-state index is 0.306. The molecule has 1 saturated heterocycles. The monoisotopic (exact) mass is 366 g/mol. The van der Waals surface area contributed by atoms with Crippen LogP contribution in [0.2, 0.25) is 0 Å². The fourth-order valence-corrected chi connectivity index (χ4v) is 3.63. The van der Waals surface area contributed by atoms with Crippen molar-refractivity contribution in [2.24, 2.45) is 5.92 Å². The van der Waals surface area contributed by atoms with Gasteiger partial charge in [-0.25, -0.2) is 0 Å². The zero-order chi connectivity index (χ0) is 19.4. The highest BCUT2D eigenvalue weighted by Gasteiger charge is 2.50.